The zero-order valence-electron chi connectivity index (χ0n) is 8.94. The molecule has 1 atom stereocenters. The Bertz CT molecular complexity index is 523. The SMILES string of the molecule is Nc1ncn(CC(=O)OC2CCS(=O)(=O)C2)n1. The second kappa shape index (κ2) is 4.32. The van der Waals surface area contributed by atoms with Crippen molar-refractivity contribution in [3.8, 4) is 0 Å². The van der Waals surface area contributed by atoms with Gasteiger partial charge in [0.15, 0.2) is 9.84 Å². The quantitative estimate of drug-likeness (QED) is 0.663. The van der Waals surface area contributed by atoms with Gasteiger partial charge in [0.2, 0.25) is 5.95 Å². The maximum Gasteiger partial charge on any atom is 0.328 e. The number of esters is 1. The monoisotopic (exact) mass is 260 g/mol. The number of nitrogens with two attached hydrogens (primary N) is 1. The van der Waals surface area contributed by atoms with Crippen LogP contribution in [0.25, 0.3) is 0 Å². The van der Waals surface area contributed by atoms with E-state index >= 15 is 0 Å². The number of aromatic nitrogens is 3. The topological polar surface area (TPSA) is 117 Å². The summed E-state index contributed by atoms with van der Waals surface area (Å²) >= 11 is 0. The number of carbonyl (C=O) groups is 1. The molecule has 1 saturated heterocycles. The van der Waals surface area contributed by atoms with Crippen molar-refractivity contribution < 1.29 is 17.9 Å². The lowest BCUT2D eigenvalue weighted by Gasteiger charge is -2.09. The van der Waals surface area contributed by atoms with E-state index in [9.17, 15) is 13.2 Å². The first-order valence-electron chi connectivity index (χ1n) is 4.99. The first kappa shape index (κ1) is 11.8. The number of carbonyl (C=O) groups excluding carboxylic acids is 1. The van der Waals surface area contributed by atoms with Gasteiger partial charge in [-0.15, -0.1) is 5.10 Å². The van der Waals surface area contributed by atoms with Crippen molar-refractivity contribution in [2.24, 2.45) is 0 Å². The summed E-state index contributed by atoms with van der Waals surface area (Å²) in [7, 11) is -3.04. The molecule has 0 radical (unpaired) electrons. The van der Waals surface area contributed by atoms with Crippen LogP contribution in [0.2, 0.25) is 0 Å². The lowest BCUT2D eigenvalue weighted by Crippen LogP contribution is -2.22. The molecule has 0 amide bonds. The Balaban J connectivity index is 1.86. The summed E-state index contributed by atoms with van der Waals surface area (Å²) in [5.74, 6) is -0.502. The lowest BCUT2D eigenvalue weighted by atomic mass is 10.3. The first-order chi connectivity index (χ1) is 7.94. The van der Waals surface area contributed by atoms with Crippen LogP contribution in [0.5, 0.6) is 0 Å². The molecular weight excluding hydrogens is 248 g/mol. The van der Waals surface area contributed by atoms with Crippen molar-refractivity contribution in [3.05, 3.63) is 6.33 Å². The van der Waals surface area contributed by atoms with Crippen LogP contribution in [0.15, 0.2) is 6.33 Å². The van der Waals surface area contributed by atoms with Crippen LogP contribution in [0.3, 0.4) is 0 Å². The van der Waals surface area contributed by atoms with Gasteiger partial charge in [0, 0.05) is 0 Å². The highest BCUT2D eigenvalue weighted by molar-refractivity contribution is 7.91. The third-order valence-electron chi connectivity index (χ3n) is 2.33. The third kappa shape index (κ3) is 3.16. The molecule has 1 aliphatic heterocycles. The van der Waals surface area contributed by atoms with E-state index in [0.29, 0.717) is 6.42 Å². The van der Waals surface area contributed by atoms with E-state index in [2.05, 4.69) is 10.1 Å². The molecule has 1 unspecified atom stereocenters. The average molecular weight is 260 g/mol. The van der Waals surface area contributed by atoms with Crippen LogP contribution >= 0.6 is 0 Å². The van der Waals surface area contributed by atoms with Crippen molar-refractivity contribution in [1.29, 1.82) is 0 Å². The van der Waals surface area contributed by atoms with Crippen LogP contribution in [-0.2, 0) is 25.9 Å². The lowest BCUT2D eigenvalue weighted by molar-refractivity contribution is -0.148. The van der Waals surface area contributed by atoms with Crippen molar-refractivity contribution in [2.45, 2.75) is 19.1 Å². The molecular formula is C8H12N4O4S. The maximum absolute atomic E-state index is 11.4. The predicted octanol–water partition coefficient (Wildman–Crippen LogP) is -1.41. The molecule has 8 nitrogen and oxygen atoms in total. The highest BCUT2D eigenvalue weighted by atomic mass is 32.2. The molecule has 1 fully saturated rings. The number of sulfone groups is 1. The van der Waals surface area contributed by atoms with E-state index in [4.69, 9.17) is 10.5 Å². The number of hydrogen-bond donors (Lipinski definition) is 1. The van der Waals surface area contributed by atoms with E-state index in [0.717, 1.165) is 0 Å². The molecule has 2 rings (SSSR count). The van der Waals surface area contributed by atoms with Crippen LogP contribution in [0.4, 0.5) is 5.95 Å². The zero-order valence-corrected chi connectivity index (χ0v) is 9.76. The van der Waals surface area contributed by atoms with E-state index in [1.807, 2.05) is 0 Å². The molecule has 17 heavy (non-hydrogen) atoms. The highest BCUT2D eigenvalue weighted by Crippen LogP contribution is 2.15. The van der Waals surface area contributed by atoms with Gasteiger partial charge in [-0.05, 0) is 6.42 Å². The predicted molar refractivity (Wildman–Crippen MR) is 57.6 cm³/mol. The summed E-state index contributed by atoms with van der Waals surface area (Å²) in [6.45, 7) is -0.124. The minimum Gasteiger partial charge on any atom is -0.460 e. The minimum atomic E-state index is -3.04. The highest BCUT2D eigenvalue weighted by Gasteiger charge is 2.30. The average Bonchev–Trinajstić information content (AvgIpc) is 2.73. The molecule has 0 bridgehead atoms. The number of nitrogens with zero attached hydrogens (tertiary/aromatic N) is 3. The van der Waals surface area contributed by atoms with Gasteiger partial charge in [-0.25, -0.2) is 18.1 Å². The summed E-state index contributed by atoms with van der Waals surface area (Å²) in [6, 6.07) is 0. The maximum atomic E-state index is 11.4. The molecule has 0 aliphatic carbocycles. The Morgan fingerprint density at radius 2 is 2.41 bits per heavy atom. The molecule has 0 spiro atoms. The van der Waals surface area contributed by atoms with E-state index in [1.54, 1.807) is 0 Å². The number of nitrogen functional groups attached to an aromatic ring is 1. The first-order valence-corrected chi connectivity index (χ1v) is 6.81. The molecule has 1 aromatic heterocycles. The summed E-state index contributed by atoms with van der Waals surface area (Å²) in [6.07, 6.45) is 1.11. The molecule has 2 heterocycles. The van der Waals surface area contributed by atoms with Crippen LogP contribution < -0.4 is 5.73 Å². The fraction of sp³-hybridized carbons (Fsp3) is 0.625. The van der Waals surface area contributed by atoms with Crippen molar-refractivity contribution in [3.63, 3.8) is 0 Å². The van der Waals surface area contributed by atoms with Gasteiger partial charge in [0.25, 0.3) is 0 Å². The van der Waals surface area contributed by atoms with Gasteiger partial charge < -0.3 is 10.5 Å². The molecule has 9 heteroatoms. The number of hydrogen-bond acceptors (Lipinski definition) is 7. The smallest absolute Gasteiger partial charge is 0.328 e. The van der Waals surface area contributed by atoms with E-state index < -0.39 is 21.9 Å². The van der Waals surface area contributed by atoms with E-state index in [1.165, 1.54) is 11.0 Å². The van der Waals surface area contributed by atoms with Gasteiger partial charge in [-0.2, -0.15) is 0 Å². The number of rotatable bonds is 3. The molecule has 1 aromatic rings. The van der Waals surface area contributed by atoms with Gasteiger partial charge >= 0.3 is 5.97 Å². The third-order valence-corrected chi connectivity index (χ3v) is 4.07. The van der Waals surface area contributed by atoms with Gasteiger partial charge in [-0.1, -0.05) is 0 Å². The van der Waals surface area contributed by atoms with E-state index in [-0.39, 0.29) is 24.0 Å². The van der Waals surface area contributed by atoms with Gasteiger partial charge in [0.05, 0.1) is 11.5 Å². The second-order valence-corrected chi connectivity index (χ2v) is 6.04. The Labute approximate surface area is 97.7 Å². The summed E-state index contributed by atoms with van der Waals surface area (Å²) in [5.41, 5.74) is 5.28. The zero-order chi connectivity index (χ0) is 12.5. The molecule has 94 valence electrons. The number of ether oxygens (including phenoxy) is 1. The van der Waals surface area contributed by atoms with Crippen molar-refractivity contribution in [2.75, 3.05) is 17.2 Å². The van der Waals surface area contributed by atoms with Crippen LogP contribution in [0.1, 0.15) is 6.42 Å². The van der Waals surface area contributed by atoms with Gasteiger partial charge in [-0.3, -0.25) is 4.79 Å². The Morgan fingerprint density at radius 3 is 2.94 bits per heavy atom. The largest absolute Gasteiger partial charge is 0.460 e. The molecule has 0 aromatic carbocycles. The molecule has 1 aliphatic rings. The Kier molecular flexibility index (Phi) is 3.01. The summed E-state index contributed by atoms with van der Waals surface area (Å²) in [5, 5.41) is 3.72. The van der Waals surface area contributed by atoms with Crippen molar-refractivity contribution in [1.82, 2.24) is 14.8 Å². The standard InChI is InChI=1S/C8H12N4O4S/c9-8-10-5-12(11-8)3-7(13)16-6-1-2-17(14,15)4-6/h5-6H,1-4H2,(H2,9,11). The normalized spacial score (nSPS) is 22.5. The number of anilines is 1. The van der Waals surface area contributed by atoms with Crippen LogP contribution in [0, 0.1) is 0 Å². The minimum absolute atomic E-state index is 0.0706. The summed E-state index contributed by atoms with van der Waals surface area (Å²) < 4.78 is 28.5. The fourth-order valence-electron chi connectivity index (χ4n) is 1.59. The summed E-state index contributed by atoms with van der Waals surface area (Å²) in [4.78, 5) is 15.1. The molecule has 0 saturated carbocycles. The van der Waals surface area contributed by atoms with Crippen molar-refractivity contribution >= 4 is 21.8 Å². The molecule has 2 N–H and O–H groups in total. The second-order valence-electron chi connectivity index (χ2n) is 3.82. The van der Waals surface area contributed by atoms with Crippen LogP contribution in [-0.4, -0.2) is 46.8 Å². The Morgan fingerprint density at radius 1 is 1.65 bits per heavy atom. The fourth-order valence-corrected chi connectivity index (χ4v) is 3.18. The van der Waals surface area contributed by atoms with Gasteiger partial charge in [0.1, 0.15) is 19.0 Å². The Hall–Kier alpha value is -1.64.